The van der Waals surface area contributed by atoms with Crippen LogP contribution in [0.2, 0.25) is 10.0 Å². The summed E-state index contributed by atoms with van der Waals surface area (Å²) >= 11 is 12.6. The Kier molecular flexibility index (Phi) is 11.0. The van der Waals surface area contributed by atoms with Crippen molar-refractivity contribution in [3.8, 4) is 0 Å². The minimum Gasteiger partial charge on any atom is -0.352 e. The molecular weight excluding hydrogens is 624 g/mol. The van der Waals surface area contributed by atoms with Crippen LogP contribution in [-0.4, -0.2) is 43.8 Å². The highest BCUT2D eigenvalue weighted by Gasteiger charge is 2.35. The van der Waals surface area contributed by atoms with Gasteiger partial charge in [0.2, 0.25) is 11.8 Å². The second-order valence-corrected chi connectivity index (χ2v) is 13.1. The van der Waals surface area contributed by atoms with E-state index < -0.39 is 40.2 Å². The number of anilines is 1. The SMILES string of the molecule is CC(C)NC(=O)C(Cc1ccccc1)N(Cc1ccccc1F)C(=O)CN(c1ccc(Cl)cc1Cl)S(=O)(=O)c1ccccc1. The quantitative estimate of drug-likeness (QED) is 0.189. The van der Waals surface area contributed by atoms with E-state index in [0.29, 0.717) is 0 Å². The molecule has 0 fully saturated rings. The zero-order valence-corrected chi connectivity index (χ0v) is 26.5. The number of amides is 2. The van der Waals surface area contributed by atoms with E-state index in [0.717, 1.165) is 9.87 Å². The number of nitrogens with one attached hydrogen (secondary N) is 1. The molecule has 0 heterocycles. The number of halogens is 3. The molecule has 230 valence electrons. The smallest absolute Gasteiger partial charge is 0.264 e. The molecule has 0 aliphatic heterocycles. The van der Waals surface area contributed by atoms with Crippen LogP contribution in [0.25, 0.3) is 0 Å². The number of benzene rings is 4. The summed E-state index contributed by atoms with van der Waals surface area (Å²) in [5.41, 5.74) is 0.945. The highest BCUT2D eigenvalue weighted by atomic mass is 35.5. The second-order valence-electron chi connectivity index (χ2n) is 10.4. The van der Waals surface area contributed by atoms with Crippen LogP contribution in [0.1, 0.15) is 25.0 Å². The third kappa shape index (κ3) is 8.16. The van der Waals surface area contributed by atoms with Crippen LogP contribution in [0.15, 0.2) is 108 Å². The Morgan fingerprint density at radius 3 is 2.09 bits per heavy atom. The molecule has 4 rings (SSSR count). The topological polar surface area (TPSA) is 86.8 Å². The van der Waals surface area contributed by atoms with Crippen LogP contribution in [0, 0.1) is 5.82 Å². The Labute approximate surface area is 267 Å². The van der Waals surface area contributed by atoms with E-state index in [-0.39, 0.29) is 45.2 Å². The number of hydrogen-bond acceptors (Lipinski definition) is 4. The van der Waals surface area contributed by atoms with Gasteiger partial charge in [0.1, 0.15) is 18.4 Å². The third-order valence-corrected chi connectivity index (χ3v) is 9.10. The predicted molar refractivity (Wildman–Crippen MR) is 172 cm³/mol. The van der Waals surface area contributed by atoms with Crippen LogP contribution in [0.3, 0.4) is 0 Å². The van der Waals surface area contributed by atoms with Gasteiger partial charge < -0.3 is 10.2 Å². The summed E-state index contributed by atoms with van der Waals surface area (Å²) in [7, 11) is -4.34. The van der Waals surface area contributed by atoms with Gasteiger partial charge in [0.05, 0.1) is 15.6 Å². The van der Waals surface area contributed by atoms with E-state index in [1.807, 2.05) is 30.3 Å². The standard InChI is InChI=1S/C33H32Cl2FN3O4S/c1-23(2)37-33(41)31(19-24-11-5-3-6-12-24)38(21-25-13-9-10-16-29(25)36)32(40)22-39(30-18-17-26(34)20-28(30)35)44(42,43)27-14-7-4-8-15-27/h3-18,20,23,31H,19,21-22H2,1-2H3,(H,37,41). The Hall–Kier alpha value is -3.92. The Morgan fingerprint density at radius 1 is 0.864 bits per heavy atom. The lowest BCUT2D eigenvalue weighted by Crippen LogP contribution is -2.54. The predicted octanol–water partition coefficient (Wildman–Crippen LogP) is 6.49. The molecule has 0 radical (unpaired) electrons. The molecule has 0 saturated carbocycles. The van der Waals surface area contributed by atoms with Gasteiger partial charge in [-0.2, -0.15) is 0 Å². The second kappa shape index (κ2) is 14.7. The Morgan fingerprint density at radius 2 is 1.48 bits per heavy atom. The minimum absolute atomic E-state index is 0.00356. The van der Waals surface area contributed by atoms with Gasteiger partial charge >= 0.3 is 0 Å². The molecule has 0 saturated heterocycles. The normalized spacial score (nSPS) is 12.0. The molecule has 1 N–H and O–H groups in total. The van der Waals surface area contributed by atoms with Crippen LogP contribution in [-0.2, 0) is 32.6 Å². The van der Waals surface area contributed by atoms with E-state index in [2.05, 4.69) is 5.32 Å². The van der Waals surface area contributed by atoms with Gasteiger partial charge in [0, 0.05) is 29.6 Å². The number of sulfonamides is 1. The lowest BCUT2D eigenvalue weighted by molar-refractivity contribution is -0.140. The molecule has 11 heteroatoms. The molecular formula is C33H32Cl2FN3O4S. The highest BCUT2D eigenvalue weighted by molar-refractivity contribution is 7.92. The first-order valence-electron chi connectivity index (χ1n) is 13.9. The molecule has 1 atom stereocenters. The maximum absolute atomic E-state index is 15.0. The van der Waals surface area contributed by atoms with Gasteiger partial charge in [-0.3, -0.25) is 13.9 Å². The first kappa shape index (κ1) is 33.0. The number of hydrogen-bond donors (Lipinski definition) is 1. The zero-order chi connectivity index (χ0) is 31.9. The number of carbonyl (C=O) groups excluding carboxylic acids is 2. The lowest BCUT2D eigenvalue weighted by Gasteiger charge is -2.34. The van der Waals surface area contributed by atoms with Gasteiger partial charge in [-0.1, -0.05) is 89.9 Å². The van der Waals surface area contributed by atoms with E-state index in [4.69, 9.17) is 23.2 Å². The summed E-state index contributed by atoms with van der Waals surface area (Å²) in [6.07, 6.45) is 0.104. The molecule has 44 heavy (non-hydrogen) atoms. The summed E-state index contributed by atoms with van der Waals surface area (Å²) in [4.78, 5) is 29.2. The van der Waals surface area contributed by atoms with Gasteiger partial charge in [0.15, 0.2) is 0 Å². The van der Waals surface area contributed by atoms with Crippen molar-refractivity contribution in [1.82, 2.24) is 10.2 Å². The van der Waals surface area contributed by atoms with Gasteiger partial charge in [-0.15, -0.1) is 0 Å². The van der Waals surface area contributed by atoms with Crippen molar-refractivity contribution in [2.75, 3.05) is 10.8 Å². The average molecular weight is 657 g/mol. The number of rotatable bonds is 12. The van der Waals surface area contributed by atoms with Crippen molar-refractivity contribution in [1.29, 1.82) is 0 Å². The summed E-state index contributed by atoms with van der Waals surface area (Å²) in [6.45, 7) is 2.56. The summed E-state index contributed by atoms with van der Waals surface area (Å²) in [6, 6.07) is 25.5. The molecule has 0 aliphatic rings. The van der Waals surface area contributed by atoms with Crippen molar-refractivity contribution in [2.24, 2.45) is 0 Å². The first-order chi connectivity index (χ1) is 21.0. The van der Waals surface area contributed by atoms with Crippen LogP contribution >= 0.6 is 23.2 Å². The zero-order valence-electron chi connectivity index (χ0n) is 24.2. The Bertz CT molecular complexity index is 1710. The first-order valence-corrected chi connectivity index (χ1v) is 16.1. The van der Waals surface area contributed by atoms with Crippen molar-refractivity contribution in [3.63, 3.8) is 0 Å². The largest absolute Gasteiger partial charge is 0.352 e. The van der Waals surface area contributed by atoms with Gasteiger partial charge in [-0.05, 0) is 55.8 Å². The lowest BCUT2D eigenvalue weighted by atomic mass is 10.0. The molecule has 0 aliphatic carbocycles. The van der Waals surface area contributed by atoms with Crippen molar-refractivity contribution < 1.29 is 22.4 Å². The molecule has 4 aromatic rings. The maximum atomic E-state index is 15.0. The van der Waals surface area contributed by atoms with Crippen LogP contribution < -0.4 is 9.62 Å². The van der Waals surface area contributed by atoms with Crippen molar-refractivity contribution in [3.05, 3.63) is 130 Å². The van der Waals surface area contributed by atoms with Gasteiger partial charge in [-0.25, -0.2) is 12.8 Å². The molecule has 1 unspecified atom stereocenters. The monoisotopic (exact) mass is 655 g/mol. The third-order valence-electron chi connectivity index (χ3n) is 6.79. The van der Waals surface area contributed by atoms with Crippen LogP contribution in [0.5, 0.6) is 0 Å². The average Bonchev–Trinajstić information content (AvgIpc) is 2.99. The van der Waals surface area contributed by atoms with Crippen molar-refractivity contribution in [2.45, 2.75) is 43.8 Å². The number of nitrogens with zero attached hydrogens (tertiary/aromatic N) is 2. The summed E-state index contributed by atoms with van der Waals surface area (Å²) in [5.74, 6) is -1.77. The minimum atomic E-state index is -4.34. The van der Waals surface area contributed by atoms with Crippen LogP contribution in [0.4, 0.5) is 10.1 Å². The van der Waals surface area contributed by atoms with E-state index in [1.54, 1.807) is 38.1 Å². The van der Waals surface area contributed by atoms with E-state index in [9.17, 15) is 22.4 Å². The fraction of sp³-hybridized carbons (Fsp3) is 0.212. The van der Waals surface area contributed by atoms with Crippen molar-refractivity contribution >= 4 is 50.7 Å². The molecule has 0 bridgehead atoms. The summed E-state index contributed by atoms with van der Waals surface area (Å²) < 4.78 is 43.9. The van der Waals surface area contributed by atoms with E-state index >= 15 is 0 Å². The fourth-order valence-electron chi connectivity index (χ4n) is 4.66. The Balaban J connectivity index is 1.83. The molecule has 4 aromatic carbocycles. The molecule has 0 spiro atoms. The molecule has 0 aromatic heterocycles. The maximum Gasteiger partial charge on any atom is 0.264 e. The highest BCUT2D eigenvalue weighted by Crippen LogP contribution is 2.33. The van der Waals surface area contributed by atoms with Gasteiger partial charge in [0.25, 0.3) is 10.0 Å². The van der Waals surface area contributed by atoms with E-state index in [1.165, 1.54) is 53.4 Å². The fourth-order valence-corrected chi connectivity index (χ4v) is 6.68. The summed E-state index contributed by atoms with van der Waals surface area (Å²) in [5, 5.41) is 3.14. The number of carbonyl (C=O) groups is 2. The molecule has 7 nitrogen and oxygen atoms in total. The molecule has 2 amide bonds.